The Balaban J connectivity index is 0.0000110. The SMILES string of the molecule is [2H]c1c([2H])c([2H])c(-c2cc(-c3cccc(C(C)(C)C)c3)c(-[n+]3[c-]n(-c4[c-]c(Oc5[c-]c6c(cc5)c5ccccc5n6-c5cc(C([2H])([2H])[2H])c(-c6c([2H])c([2H])c([2H])c([2H])c6[2H])cn5)ccc4)c4ccccc43)c([Si](c3c([2H])c([2H])c([2H])c([2H])c3[2H])(c3c([2H])c([2H])c([2H])c([2H])c3[2H])c3c([2H])c([2H])c([2H])c([2H])c3[2H])c2)c([2H])c1[2H].[Pt]. The number of hydrogen-bond acceptors (Lipinski definition) is 2. The van der Waals surface area contributed by atoms with Gasteiger partial charge in [0.25, 0.3) is 6.33 Å². The van der Waals surface area contributed by atoms with Crippen LogP contribution in [0.2, 0.25) is 0 Å². The van der Waals surface area contributed by atoms with E-state index >= 15 is 0 Å². The zero-order chi connectivity index (χ0) is 80.3. The minimum atomic E-state index is -6.30. The number of aryl methyl sites for hydroxylation is 1. The molecule has 0 spiro atoms. The summed E-state index contributed by atoms with van der Waals surface area (Å²) in [6, 6.07) is 16.5. The fourth-order valence-corrected chi connectivity index (χ4v) is 14.7. The van der Waals surface area contributed by atoms with Gasteiger partial charge in [0.2, 0.25) is 0 Å². The van der Waals surface area contributed by atoms with Gasteiger partial charge in [-0.25, -0.2) is 4.98 Å². The first-order valence-corrected chi connectivity index (χ1v) is 28.1. The van der Waals surface area contributed by atoms with Crippen molar-refractivity contribution in [3.63, 3.8) is 0 Å². The molecule has 0 bridgehead atoms. The molecule has 0 radical (unpaired) electrons. The minimum Gasteiger partial charge on any atom is -0.510 e. The molecule has 7 heteroatoms. The average molecular weight is 1310 g/mol. The summed E-state index contributed by atoms with van der Waals surface area (Å²) in [6.07, 6.45) is 4.60. The van der Waals surface area contributed by atoms with Gasteiger partial charge in [-0.1, -0.05) is 250 Å². The van der Waals surface area contributed by atoms with Gasteiger partial charge in [0.15, 0.2) is 8.07 Å². The van der Waals surface area contributed by atoms with Crippen LogP contribution in [0.1, 0.15) is 70.3 Å². The van der Waals surface area contributed by atoms with Crippen LogP contribution in [-0.4, -0.2) is 22.2 Å². The van der Waals surface area contributed by atoms with Crippen LogP contribution < -0.4 is 30.1 Å². The summed E-state index contributed by atoms with van der Waals surface area (Å²) in [5, 5.41) is -1.80. The van der Waals surface area contributed by atoms with E-state index in [1.165, 1.54) is 27.3 Å². The topological polar surface area (TPSA) is 35.9 Å². The normalized spacial score (nSPS) is 16.6. The van der Waals surface area contributed by atoms with E-state index in [1.807, 2.05) is 32.9 Å². The number of fused-ring (bicyclic) bond motifs is 4. The molecule has 0 saturated heterocycles. The summed E-state index contributed by atoms with van der Waals surface area (Å²) >= 11 is 0. The second-order valence-electron chi connectivity index (χ2n) is 20.3. The Morgan fingerprint density at radius 3 is 1.81 bits per heavy atom. The van der Waals surface area contributed by atoms with Crippen molar-refractivity contribution in [2.75, 3.05) is 0 Å². The fourth-order valence-electron chi connectivity index (χ4n) is 10.6. The molecule has 84 heavy (non-hydrogen) atoms. The number of ether oxygens (including phenoxy) is 1. The van der Waals surface area contributed by atoms with Crippen LogP contribution in [0.5, 0.6) is 11.5 Å². The van der Waals surface area contributed by atoms with Crippen molar-refractivity contribution in [2.24, 2.45) is 0 Å². The Kier molecular flexibility index (Phi) is 8.18. The molecular formula is C77H58N4OPtSi-2. The second kappa shape index (κ2) is 22.4. The molecule has 14 rings (SSSR count). The average Bonchev–Trinajstić information content (AvgIpc) is 0.687. The molecule has 408 valence electrons. The molecule has 0 atom stereocenters. The van der Waals surface area contributed by atoms with Crippen LogP contribution in [0.4, 0.5) is 0 Å². The van der Waals surface area contributed by atoms with Gasteiger partial charge in [0.05, 0.1) is 51.0 Å². The van der Waals surface area contributed by atoms with Crippen LogP contribution in [0.25, 0.3) is 83.4 Å². The molecule has 0 unspecified atom stereocenters. The molecule has 0 fully saturated rings. The van der Waals surface area contributed by atoms with Crippen molar-refractivity contribution in [1.29, 1.82) is 0 Å². The molecule has 0 aliphatic rings. The van der Waals surface area contributed by atoms with E-state index in [1.54, 1.807) is 95.6 Å². The van der Waals surface area contributed by atoms with Gasteiger partial charge < -0.3 is 13.9 Å². The maximum absolute atomic E-state index is 10.2. The predicted molar refractivity (Wildman–Crippen MR) is 343 cm³/mol. The van der Waals surface area contributed by atoms with Gasteiger partial charge in [0.1, 0.15) is 5.82 Å². The monoisotopic (exact) mass is 1310 g/mol. The third-order valence-corrected chi connectivity index (χ3v) is 18.6. The van der Waals surface area contributed by atoms with Crippen molar-refractivity contribution >= 4 is 61.7 Å². The number of benzene rings is 11. The number of aromatic nitrogens is 4. The first-order valence-electron chi connectivity index (χ1n) is 40.1. The van der Waals surface area contributed by atoms with Gasteiger partial charge in [-0.15, -0.1) is 29.7 Å². The number of nitrogens with zero attached hydrogens (tertiary/aromatic N) is 4. The zero-order valence-corrected chi connectivity index (χ0v) is 47.9. The van der Waals surface area contributed by atoms with Gasteiger partial charge in [-0.3, -0.25) is 4.57 Å². The van der Waals surface area contributed by atoms with Crippen LogP contribution in [0.3, 0.4) is 0 Å². The van der Waals surface area contributed by atoms with Crippen LogP contribution in [-0.2, 0) is 26.5 Å². The van der Waals surface area contributed by atoms with Gasteiger partial charge >= 0.3 is 0 Å². The first kappa shape index (κ1) is 30.7. The number of pyridine rings is 1. The molecule has 3 heterocycles. The Labute approximate surface area is 546 Å². The number of hydrogen-bond donors (Lipinski definition) is 0. The molecular weight excluding hydrogens is 1220 g/mol. The van der Waals surface area contributed by atoms with Crippen molar-refractivity contribution in [3.05, 3.63) is 308 Å². The Morgan fingerprint density at radius 2 is 1.14 bits per heavy atom. The van der Waals surface area contributed by atoms with Crippen molar-refractivity contribution < 1.29 is 68.8 Å². The van der Waals surface area contributed by atoms with Crippen LogP contribution in [0.15, 0.2) is 279 Å². The molecule has 0 aliphatic carbocycles. The van der Waals surface area contributed by atoms with E-state index in [0.717, 1.165) is 6.20 Å². The maximum atomic E-state index is 10.2. The summed E-state index contributed by atoms with van der Waals surface area (Å²) in [7, 11) is -6.30. The van der Waals surface area contributed by atoms with E-state index in [-0.39, 0.29) is 88.7 Å². The van der Waals surface area contributed by atoms with Gasteiger partial charge in [0, 0.05) is 54.0 Å². The van der Waals surface area contributed by atoms with Gasteiger partial charge in [-0.05, 0) is 101 Å². The Bertz CT molecular complexity index is 6080. The van der Waals surface area contributed by atoms with E-state index in [2.05, 4.69) is 23.4 Å². The van der Waals surface area contributed by atoms with E-state index in [9.17, 15) is 19.2 Å². The molecule has 5 nitrogen and oxygen atoms in total. The summed E-state index contributed by atoms with van der Waals surface area (Å²) in [4.78, 5) is 4.68. The number of rotatable bonds is 12. The predicted octanol–water partition coefficient (Wildman–Crippen LogP) is 15.6. The summed E-state index contributed by atoms with van der Waals surface area (Å²) in [5.41, 5.74) is -0.119. The fraction of sp³-hybridized carbons (Fsp3) is 0.0649. The molecule has 0 saturated carbocycles. The van der Waals surface area contributed by atoms with Crippen molar-refractivity contribution in [1.82, 2.24) is 14.1 Å². The van der Waals surface area contributed by atoms with E-state index in [4.69, 9.17) is 23.9 Å². The maximum Gasteiger partial charge on any atom is 0.268 e. The zero-order valence-electron chi connectivity index (χ0n) is 72.6. The third-order valence-electron chi connectivity index (χ3n) is 14.4. The summed E-state index contributed by atoms with van der Waals surface area (Å²) in [6.45, 7) is 2.85. The third kappa shape index (κ3) is 9.61. The summed E-state index contributed by atoms with van der Waals surface area (Å²) < 4.78 is 271. The quantitative estimate of drug-likeness (QED) is 0.0529. The first-order chi connectivity index (χ1) is 52.3. The smallest absolute Gasteiger partial charge is 0.268 e. The standard InChI is InChI=1S/C77H58N4OSi.Pt/c1-54-46-75(78-52-69(54)56-28-12-6-13-29-56)81-70-41-21-20-40-66(70)67-45-44-62(51-73(67)81)82-61-33-25-32-60(50-61)79-53-80(72-43-23-22-42-71(72)79)76-68(57-30-24-31-59(47-57)77(2,3)4)48-58(55-26-10-5-11-27-55)49-74(76)83(63-34-14-7-15-35-63,64-36-16-8-17-37-64)65-38-18-9-19-39-65;/h5-49,52H,1-4H3;/q-2;/i1D3,5D,6D,7D,8D,9D,10D,11D,12D,13D,14D,15D,16D,17D,18D,19D,26D,27D,28D,29D,34D,35D,36D,37D,38D,39D;. The molecule has 14 aromatic rings. The van der Waals surface area contributed by atoms with Crippen molar-refractivity contribution in [2.45, 2.75) is 33.0 Å². The number of imidazole rings is 1. The molecule has 0 N–H and O–H groups in total. The summed E-state index contributed by atoms with van der Waals surface area (Å²) in [5.74, 6) is 0.191. The Hall–Kier alpha value is -9.45. The second-order valence-corrected chi connectivity index (χ2v) is 23.8. The Morgan fingerprint density at radius 1 is 0.536 bits per heavy atom. The largest absolute Gasteiger partial charge is 0.510 e. The molecule has 0 amide bonds. The molecule has 3 aromatic heterocycles. The minimum absolute atomic E-state index is 0. The van der Waals surface area contributed by atoms with Gasteiger partial charge in [-0.2, -0.15) is 18.2 Å². The van der Waals surface area contributed by atoms with Crippen LogP contribution >= 0.6 is 0 Å². The molecule has 0 aliphatic heterocycles. The van der Waals surface area contributed by atoms with Crippen LogP contribution in [0, 0.1) is 25.3 Å². The molecule has 11 aromatic carbocycles. The van der Waals surface area contributed by atoms with E-state index in [0.29, 0.717) is 32.9 Å². The van der Waals surface area contributed by atoms with Crippen molar-refractivity contribution in [3.8, 4) is 62.1 Å². The number of para-hydroxylation sites is 3. The van der Waals surface area contributed by atoms with E-state index < -0.39 is 198 Å².